The molecule has 4 rings (SSSR count). The molecule has 1 spiro atoms. The maximum atomic E-state index is 15.3. The lowest BCUT2D eigenvalue weighted by Crippen LogP contribution is -2.26. The Morgan fingerprint density at radius 3 is 2.69 bits per heavy atom. The summed E-state index contributed by atoms with van der Waals surface area (Å²) in [5.74, 6) is -3.11. The van der Waals surface area contributed by atoms with Gasteiger partial charge in [0.15, 0.2) is 5.82 Å². The number of pyridine rings is 1. The Balaban J connectivity index is 1.93. The first-order chi connectivity index (χ1) is 12.3. The van der Waals surface area contributed by atoms with Gasteiger partial charge in [0.1, 0.15) is 17.1 Å². The van der Waals surface area contributed by atoms with E-state index in [-0.39, 0.29) is 34.6 Å². The number of fused-ring (bicyclic) bond motifs is 1. The van der Waals surface area contributed by atoms with Crippen molar-refractivity contribution in [2.45, 2.75) is 32.4 Å². The van der Waals surface area contributed by atoms with Gasteiger partial charge < -0.3 is 20.3 Å². The van der Waals surface area contributed by atoms with Crippen molar-refractivity contribution in [3.8, 4) is 0 Å². The number of carbonyl (C=O) groups is 1. The molecule has 1 aromatic carbocycles. The number of carboxylic acid groups (broad SMARTS) is 1. The van der Waals surface area contributed by atoms with Gasteiger partial charge in [-0.15, -0.1) is 0 Å². The number of anilines is 1. The highest BCUT2D eigenvalue weighted by Gasteiger charge is 2.56. The zero-order chi connectivity index (χ0) is 18.8. The van der Waals surface area contributed by atoms with E-state index in [0.29, 0.717) is 13.1 Å². The largest absolute Gasteiger partial charge is 0.477 e. The molecule has 1 aliphatic carbocycles. The molecule has 26 heavy (non-hydrogen) atoms. The number of nitrogens with zero attached hydrogens (tertiary/aromatic N) is 2. The highest BCUT2D eigenvalue weighted by molar-refractivity contribution is 5.93. The molecule has 1 saturated carbocycles. The van der Waals surface area contributed by atoms with Gasteiger partial charge in [-0.1, -0.05) is 0 Å². The number of benzene rings is 1. The van der Waals surface area contributed by atoms with Gasteiger partial charge in [-0.2, -0.15) is 0 Å². The van der Waals surface area contributed by atoms with E-state index in [0.717, 1.165) is 25.1 Å². The lowest BCUT2D eigenvalue weighted by Gasteiger charge is -2.22. The lowest BCUT2D eigenvalue weighted by atomic mass is 10.1. The van der Waals surface area contributed by atoms with Gasteiger partial charge in [0.2, 0.25) is 5.43 Å². The monoisotopic (exact) mass is 363 g/mol. The summed E-state index contributed by atoms with van der Waals surface area (Å²) in [6, 6.07) is 1.01. The van der Waals surface area contributed by atoms with Crippen LogP contribution in [0, 0.1) is 17.0 Å². The lowest BCUT2D eigenvalue weighted by molar-refractivity contribution is 0.0695. The predicted octanol–water partition coefficient (Wildman–Crippen LogP) is 1.93. The van der Waals surface area contributed by atoms with Gasteiger partial charge in [-0.05, 0) is 25.8 Å². The van der Waals surface area contributed by atoms with Crippen molar-refractivity contribution in [3.63, 3.8) is 0 Å². The van der Waals surface area contributed by atoms with Crippen LogP contribution in [0.25, 0.3) is 10.9 Å². The molecule has 2 unspecified atom stereocenters. The van der Waals surface area contributed by atoms with Crippen LogP contribution >= 0.6 is 0 Å². The number of aromatic nitrogens is 1. The van der Waals surface area contributed by atoms with Gasteiger partial charge in [-0.3, -0.25) is 4.79 Å². The van der Waals surface area contributed by atoms with Crippen molar-refractivity contribution < 1.29 is 18.7 Å². The minimum absolute atomic E-state index is 0.0611. The molecule has 1 aromatic heterocycles. The van der Waals surface area contributed by atoms with Crippen LogP contribution in [0.1, 0.15) is 30.1 Å². The van der Waals surface area contributed by atoms with E-state index in [2.05, 4.69) is 0 Å². The molecule has 2 aliphatic rings. The maximum Gasteiger partial charge on any atom is 0.341 e. The molecule has 0 amide bonds. The van der Waals surface area contributed by atoms with Gasteiger partial charge >= 0.3 is 5.97 Å². The Morgan fingerprint density at radius 1 is 1.46 bits per heavy atom. The maximum absolute atomic E-state index is 15.3. The van der Waals surface area contributed by atoms with E-state index in [1.54, 1.807) is 11.8 Å². The number of hydrogen-bond acceptors (Lipinski definition) is 4. The Labute approximate surface area is 147 Å². The van der Waals surface area contributed by atoms with E-state index in [4.69, 9.17) is 5.73 Å². The molecule has 2 heterocycles. The van der Waals surface area contributed by atoms with Crippen molar-refractivity contribution in [2.75, 3.05) is 18.0 Å². The fourth-order valence-corrected chi connectivity index (χ4v) is 4.10. The summed E-state index contributed by atoms with van der Waals surface area (Å²) in [7, 11) is 0. The summed E-state index contributed by atoms with van der Waals surface area (Å²) < 4.78 is 31.4. The Hall–Kier alpha value is -2.48. The van der Waals surface area contributed by atoms with Crippen molar-refractivity contribution in [3.05, 3.63) is 39.7 Å². The second kappa shape index (κ2) is 5.51. The zero-order valence-corrected chi connectivity index (χ0v) is 14.3. The highest BCUT2D eigenvalue weighted by Crippen LogP contribution is 2.52. The number of aromatic carboxylic acids is 1. The fraction of sp³-hybridized carbons (Fsp3) is 0.444. The summed E-state index contributed by atoms with van der Waals surface area (Å²) in [6.45, 7) is 2.92. The van der Waals surface area contributed by atoms with Crippen molar-refractivity contribution in [1.29, 1.82) is 0 Å². The molecule has 2 aromatic rings. The zero-order valence-electron chi connectivity index (χ0n) is 14.3. The predicted molar refractivity (Wildman–Crippen MR) is 92.6 cm³/mol. The van der Waals surface area contributed by atoms with Crippen LogP contribution < -0.4 is 16.1 Å². The van der Waals surface area contributed by atoms with Crippen LogP contribution in [0.4, 0.5) is 14.5 Å². The third-order valence-electron chi connectivity index (χ3n) is 5.76. The number of rotatable bonds is 3. The number of halogens is 2. The van der Waals surface area contributed by atoms with Crippen LogP contribution in [0.5, 0.6) is 0 Å². The first-order valence-corrected chi connectivity index (χ1v) is 8.58. The second-order valence-electron chi connectivity index (χ2n) is 7.22. The Morgan fingerprint density at radius 2 is 2.15 bits per heavy atom. The number of aryl methyl sites for hydroxylation is 1. The Bertz CT molecular complexity index is 1000. The molecule has 138 valence electrons. The average molecular weight is 363 g/mol. The van der Waals surface area contributed by atoms with Crippen LogP contribution in [0.3, 0.4) is 0 Å². The van der Waals surface area contributed by atoms with E-state index in [1.807, 2.05) is 0 Å². The molecular weight excluding hydrogens is 344 g/mol. The molecule has 3 N–H and O–H groups in total. The summed E-state index contributed by atoms with van der Waals surface area (Å²) >= 11 is 0. The number of nitrogens with two attached hydrogens (primary N) is 1. The molecular formula is C18H19F2N3O3. The summed E-state index contributed by atoms with van der Waals surface area (Å²) in [5.41, 5.74) is 4.27. The molecule has 0 radical (unpaired) electrons. The summed E-state index contributed by atoms with van der Waals surface area (Å²) in [4.78, 5) is 25.3. The normalized spacial score (nSPS) is 24.6. The number of hydrogen-bond donors (Lipinski definition) is 2. The van der Waals surface area contributed by atoms with Crippen molar-refractivity contribution in [2.24, 2.45) is 11.1 Å². The number of carboxylic acids is 1. The molecule has 0 bridgehead atoms. The van der Waals surface area contributed by atoms with Gasteiger partial charge in [0.25, 0.3) is 0 Å². The van der Waals surface area contributed by atoms with Crippen molar-refractivity contribution >= 4 is 22.6 Å². The molecule has 1 aliphatic heterocycles. The van der Waals surface area contributed by atoms with Crippen LogP contribution in [0.15, 0.2) is 17.1 Å². The topological polar surface area (TPSA) is 88.6 Å². The Kier molecular flexibility index (Phi) is 3.59. The minimum Gasteiger partial charge on any atom is -0.477 e. The fourth-order valence-electron chi connectivity index (χ4n) is 4.10. The molecule has 1 saturated heterocycles. The first-order valence-electron chi connectivity index (χ1n) is 8.58. The first kappa shape index (κ1) is 17.0. The molecule has 8 heteroatoms. The summed E-state index contributed by atoms with van der Waals surface area (Å²) in [5, 5.41) is 8.92. The SMILES string of the molecule is CCn1cc(C(=O)O)c(=O)c2cc(F)c(N3CCC4(CC4N)C3)c(F)c21. The molecule has 2 fully saturated rings. The summed E-state index contributed by atoms with van der Waals surface area (Å²) in [6.07, 6.45) is 2.74. The van der Waals surface area contributed by atoms with Gasteiger partial charge in [0.05, 0.1) is 10.9 Å². The van der Waals surface area contributed by atoms with Gasteiger partial charge in [0, 0.05) is 37.3 Å². The van der Waals surface area contributed by atoms with Crippen LogP contribution in [-0.2, 0) is 6.54 Å². The van der Waals surface area contributed by atoms with E-state index in [9.17, 15) is 19.1 Å². The molecule has 6 nitrogen and oxygen atoms in total. The van der Waals surface area contributed by atoms with Crippen molar-refractivity contribution in [1.82, 2.24) is 4.57 Å². The standard InChI is InChI=1S/C18H19F2N3O3/c1-2-22-7-10(17(25)26)16(24)9-5-11(19)15(13(20)14(9)22)23-4-3-18(8-23)6-12(18)21/h5,7,12H,2-4,6,8,21H2,1H3,(H,25,26). The van der Waals surface area contributed by atoms with Crippen LogP contribution in [0.2, 0.25) is 0 Å². The minimum atomic E-state index is -1.42. The quantitative estimate of drug-likeness (QED) is 0.870. The van der Waals surface area contributed by atoms with E-state index >= 15 is 4.39 Å². The third kappa shape index (κ3) is 2.25. The highest BCUT2D eigenvalue weighted by atomic mass is 19.1. The van der Waals surface area contributed by atoms with E-state index in [1.165, 1.54) is 4.57 Å². The molecule has 2 atom stereocenters. The van der Waals surface area contributed by atoms with Crippen LogP contribution in [-0.4, -0.2) is 34.8 Å². The second-order valence-corrected chi connectivity index (χ2v) is 7.22. The van der Waals surface area contributed by atoms with Gasteiger partial charge in [-0.25, -0.2) is 13.6 Å². The smallest absolute Gasteiger partial charge is 0.341 e. The average Bonchev–Trinajstić information content (AvgIpc) is 3.00. The van der Waals surface area contributed by atoms with E-state index < -0.39 is 28.6 Å². The third-order valence-corrected chi connectivity index (χ3v) is 5.76.